The van der Waals surface area contributed by atoms with Crippen LogP contribution in [0.1, 0.15) is 23.2 Å². The van der Waals surface area contributed by atoms with Crippen LogP contribution in [0.15, 0.2) is 54.6 Å². The lowest BCUT2D eigenvalue weighted by atomic mass is 9.97. The third kappa shape index (κ3) is 5.81. The number of nitrogens with zero attached hydrogens (tertiary/aromatic N) is 2. The molecule has 1 aliphatic rings. The van der Waals surface area contributed by atoms with E-state index in [2.05, 4.69) is 17.3 Å². The molecule has 1 heterocycles. The zero-order chi connectivity index (χ0) is 20.6. The second kappa shape index (κ2) is 10.1. The van der Waals surface area contributed by atoms with Crippen molar-refractivity contribution in [3.8, 4) is 5.75 Å². The van der Waals surface area contributed by atoms with Crippen molar-refractivity contribution < 1.29 is 14.3 Å². The van der Waals surface area contributed by atoms with Crippen LogP contribution in [0.2, 0.25) is 0 Å². The first-order valence-corrected chi connectivity index (χ1v) is 10.0. The van der Waals surface area contributed by atoms with Gasteiger partial charge in [-0.1, -0.05) is 18.2 Å². The van der Waals surface area contributed by atoms with Crippen LogP contribution in [0, 0.1) is 5.92 Å². The largest absolute Gasteiger partial charge is 0.497 e. The van der Waals surface area contributed by atoms with Gasteiger partial charge in [-0.15, -0.1) is 0 Å². The van der Waals surface area contributed by atoms with Crippen molar-refractivity contribution in [2.24, 2.45) is 5.92 Å². The minimum absolute atomic E-state index is 0.0124. The highest BCUT2D eigenvalue weighted by molar-refractivity contribution is 6.08. The predicted octanol–water partition coefficient (Wildman–Crippen LogP) is 2.80. The molecule has 0 atom stereocenters. The summed E-state index contributed by atoms with van der Waals surface area (Å²) in [5.41, 5.74) is 1.21. The molecule has 0 aromatic heterocycles. The average molecular weight is 396 g/mol. The molecule has 0 unspecified atom stereocenters. The Morgan fingerprint density at radius 1 is 1.07 bits per heavy atom. The van der Waals surface area contributed by atoms with Gasteiger partial charge in [0.25, 0.3) is 5.91 Å². The summed E-state index contributed by atoms with van der Waals surface area (Å²) in [7, 11) is 3.71. The minimum atomic E-state index is -0.215. The van der Waals surface area contributed by atoms with Crippen LogP contribution in [0.5, 0.6) is 5.75 Å². The van der Waals surface area contributed by atoms with Crippen molar-refractivity contribution in [2.45, 2.75) is 12.8 Å². The van der Waals surface area contributed by atoms with E-state index in [1.165, 1.54) is 4.90 Å². The van der Waals surface area contributed by atoms with E-state index in [0.717, 1.165) is 25.9 Å². The fourth-order valence-corrected chi connectivity index (χ4v) is 3.50. The summed E-state index contributed by atoms with van der Waals surface area (Å²) in [6.45, 7) is 2.77. The molecular weight excluding hydrogens is 366 g/mol. The molecule has 1 aliphatic heterocycles. The van der Waals surface area contributed by atoms with Crippen LogP contribution < -0.4 is 15.0 Å². The van der Waals surface area contributed by atoms with Crippen molar-refractivity contribution in [3.63, 3.8) is 0 Å². The number of benzene rings is 2. The zero-order valence-electron chi connectivity index (χ0n) is 17.1. The van der Waals surface area contributed by atoms with E-state index in [1.54, 1.807) is 31.4 Å². The number of hydrogen-bond donors (Lipinski definition) is 1. The molecule has 6 heteroatoms. The number of amides is 2. The summed E-state index contributed by atoms with van der Waals surface area (Å²) in [6, 6.07) is 16.2. The molecule has 0 saturated carbocycles. The first-order chi connectivity index (χ1) is 14.1. The standard InChI is InChI=1S/C23H29N3O3/c1-25-14-12-18(13-15-25)16-24-22(27)17-26(20-6-4-3-5-7-20)23(28)19-8-10-21(29-2)11-9-19/h3-11,18H,12-17H2,1-2H3,(H,24,27). The third-order valence-electron chi connectivity index (χ3n) is 5.38. The minimum Gasteiger partial charge on any atom is -0.497 e. The van der Waals surface area contributed by atoms with E-state index in [0.29, 0.717) is 29.5 Å². The van der Waals surface area contributed by atoms with Gasteiger partial charge in [0.1, 0.15) is 12.3 Å². The molecule has 0 spiro atoms. The lowest BCUT2D eigenvalue weighted by molar-refractivity contribution is -0.120. The van der Waals surface area contributed by atoms with Gasteiger partial charge >= 0.3 is 0 Å². The van der Waals surface area contributed by atoms with Gasteiger partial charge < -0.3 is 15.0 Å². The SMILES string of the molecule is COc1ccc(C(=O)N(CC(=O)NCC2CCN(C)CC2)c2ccccc2)cc1. The van der Waals surface area contributed by atoms with E-state index in [-0.39, 0.29) is 18.4 Å². The number of carbonyl (C=O) groups excluding carboxylic acids is 2. The Kier molecular flexibility index (Phi) is 7.25. The summed E-state index contributed by atoms with van der Waals surface area (Å²) >= 11 is 0. The molecule has 2 amide bonds. The third-order valence-corrected chi connectivity index (χ3v) is 5.38. The molecule has 2 aromatic rings. The van der Waals surface area contributed by atoms with Crippen LogP contribution in [0.25, 0.3) is 0 Å². The van der Waals surface area contributed by atoms with Gasteiger partial charge in [-0.3, -0.25) is 14.5 Å². The van der Waals surface area contributed by atoms with Crippen molar-refractivity contribution in [1.82, 2.24) is 10.2 Å². The van der Waals surface area contributed by atoms with Crippen LogP contribution in [0.3, 0.4) is 0 Å². The van der Waals surface area contributed by atoms with Gasteiger partial charge in [0.05, 0.1) is 7.11 Å². The second-order valence-corrected chi connectivity index (χ2v) is 7.51. The Bertz CT molecular complexity index is 800. The number of hydrogen-bond acceptors (Lipinski definition) is 4. The molecular formula is C23H29N3O3. The molecule has 3 rings (SSSR count). The van der Waals surface area contributed by atoms with Crippen LogP contribution in [0.4, 0.5) is 5.69 Å². The normalized spacial score (nSPS) is 15.0. The van der Waals surface area contributed by atoms with E-state index in [4.69, 9.17) is 4.74 Å². The molecule has 29 heavy (non-hydrogen) atoms. The fraction of sp³-hybridized carbons (Fsp3) is 0.391. The Balaban J connectivity index is 1.67. The quantitative estimate of drug-likeness (QED) is 0.783. The molecule has 0 aliphatic carbocycles. The van der Waals surface area contributed by atoms with Crippen molar-refractivity contribution in [3.05, 3.63) is 60.2 Å². The monoisotopic (exact) mass is 395 g/mol. The van der Waals surface area contributed by atoms with Gasteiger partial charge in [-0.25, -0.2) is 0 Å². The Hall–Kier alpha value is -2.86. The average Bonchev–Trinajstić information content (AvgIpc) is 2.77. The van der Waals surface area contributed by atoms with E-state index >= 15 is 0 Å². The number of nitrogens with one attached hydrogen (secondary N) is 1. The topological polar surface area (TPSA) is 61.9 Å². The van der Waals surface area contributed by atoms with E-state index in [9.17, 15) is 9.59 Å². The van der Waals surface area contributed by atoms with Crippen LogP contribution in [-0.2, 0) is 4.79 Å². The number of para-hydroxylation sites is 1. The predicted molar refractivity (Wildman–Crippen MR) is 114 cm³/mol. The first kappa shape index (κ1) is 20.9. The lowest BCUT2D eigenvalue weighted by Gasteiger charge is -2.29. The molecule has 0 bridgehead atoms. The summed E-state index contributed by atoms with van der Waals surface area (Å²) in [6.07, 6.45) is 2.17. The Morgan fingerprint density at radius 3 is 2.34 bits per heavy atom. The Labute approximate surface area is 172 Å². The Morgan fingerprint density at radius 2 is 1.72 bits per heavy atom. The van der Waals surface area contributed by atoms with Crippen molar-refractivity contribution in [1.29, 1.82) is 0 Å². The van der Waals surface area contributed by atoms with E-state index in [1.807, 2.05) is 30.3 Å². The number of piperidine rings is 1. The maximum Gasteiger partial charge on any atom is 0.258 e. The highest BCUT2D eigenvalue weighted by Crippen LogP contribution is 2.19. The van der Waals surface area contributed by atoms with Gasteiger partial charge in [-0.05, 0) is 75.3 Å². The van der Waals surface area contributed by atoms with Crippen LogP contribution >= 0.6 is 0 Å². The summed E-state index contributed by atoms with van der Waals surface area (Å²) in [5.74, 6) is 0.823. The molecule has 0 radical (unpaired) electrons. The number of likely N-dealkylation sites (tertiary alicyclic amines) is 1. The lowest BCUT2D eigenvalue weighted by Crippen LogP contribution is -2.43. The summed E-state index contributed by atoms with van der Waals surface area (Å²) < 4.78 is 5.16. The van der Waals surface area contributed by atoms with Gasteiger partial charge in [0.2, 0.25) is 5.91 Å². The molecule has 1 N–H and O–H groups in total. The van der Waals surface area contributed by atoms with Gasteiger partial charge in [-0.2, -0.15) is 0 Å². The summed E-state index contributed by atoms with van der Waals surface area (Å²) in [4.78, 5) is 29.6. The number of ether oxygens (including phenoxy) is 1. The first-order valence-electron chi connectivity index (χ1n) is 10.0. The second-order valence-electron chi connectivity index (χ2n) is 7.51. The molecule has 1 saturated heterocycles. The van der Waals surface area contributed by atoms with Crippen LogP contribution in [-0.4, -0.2) is 57.1 Å². The number of methoxy groups -OCH3 is 1. The fourth-order valence-electron chi connectivity index (χ4n) is 3.50. The highest BCUT2D eigenvalue weighted by atomic mass is 16.5. The highest BCUT2D eigenvalue weighted by Gasteiger charge is 2.22. The van der Waals surface area contributed by atoms with Gasteiger partial charge in [0.15, 0.2) is 0 Å². The molecule has 1 fully saturated rings. The van der Waals surface area contributed by atoms with E-state index < -0.39 is 0 Å². The number of carbonyl (C=O) groups is 2. The molecule has 6 nitrogen and oxygen atoms in total. The number of rotatable bonds is 7. The maximum absolute atomic E-state index is 13.1. The summed E-state index contributed by atoms with van der Waals surface area (Å²) in [5, 5.41) is 3.02. The molecule has 154 valence electrons. The molecule has 2 aromatic carbocycles. The number of anilines is 1. The maximum atomic E-state index is 13.1. The van der Waals surface area contributed by atoms with Crippen molar-refractivity contribution in [2.75, 3.05) is 45.2 Å². The smallest absolute Gasteiger partial charge is 0.258 e. The zero-order valence-corrected chi connectivity index (χ0v) is 17.1. The van der Waals surface area contributed by atoms with Crippen molar-refractivity contribution >= 4 is 17.5 Å². The van der Waals surface area contributed by atoms with Gasteiger partial charge in [0, 0.05) is 17.8 Å².